The van der Waals surface area contributed by atoms with Crippen molar-refractivity contribution in [3.63, 3.8) is 0 Å². The van der Waals surface area contributed by atoms with Gasteiger partial charge in [-0.05, 0) is 47.4 Å². The molecule has 3 N–H and O–H groups in total. The van der Waals surface area contributed by atoms with Crippen LogP contribution in [0.5, 0.6) is 5.75 Å². The van der Waals surface area contributed by atoms with Crippen molar-refractivity contribution in [3.05, 3.63) is 53.3 Å². The lowest BCUT2D eigenvalue weighted by atomic mass is 9.96. The Morgan fingerprint density at radius 2 is 1.70 bits per heavy atom. The molecule has 190 valence electrons. The number of anilines is 2. The molecule has 0 spiro atoms. The van der Waals surface area contributed by atoms with Gasteiger partial charge in [0.2, 0.25) is 5.95 Å². The van der Waals surface area contributed by atoms with Crippen molar-refractivity contribution in [2.45, 2.75) is 24.9 Å². The maximum atomic E-state index is 16.6. The van der Waals surface area contributed by atoms with Crippen LogP contribution in [0.2, 0.25) is 5.02 Å². The Bertz CT molecular complexity index is 1510. The molecule has 3 saturated heterocycles. The summed E-state index contributed by atoms with van der Waals surface area (Å²) in [5.74, 6) is 0.856. The highest BCUT2D eigenvalue weighted by molar-refractivity contribution is 6.35. The van der Waals surface area contributed by atoms with Gasteiger partial charge in [0.1, 0.15) is 17.1 Å². The van der Waals surface area contributed by atoms with E-state index in [0.29, 0.717) is 29.0 Å². The number of piperazine rings is 2. The summed E-state index contributed by atoms with van der Waals surface area (Å²) in [5.41, 5.74) is 1.05. The SMILES string of the molecule is Oc1cc(-c2c(Cl)cc3c(N4CC5CCC(C4)N5)nc(N4CCNCC4)nc3c2F)c2ccccc2c1. The third-order valence-electron chi connectivity index (χ3n) is 7.88. The number of nitrogens with one attached hydrogen (secondary N) is 2. The van der Waals surface area contributed by atoms with Crippen molar-refractivity contribution in [1.82, 2.24) is 20.6 Å². The number of aromatic nitrogens is 2. The fraction of sp³-hybridized carbons (Fsp3) is 0.357. The summed E-state index contributed by atoms with van der Waals surface area (Å²) in [6.45, 7) is 4.83. The third-order valence-corrected chi connectivity index (χ3v) is 8.18. The van der Waals surface area contributed by atoms with Crippen molar-refractivity contribution in [1.29, 1.82) is 0 Å². The molecule has 3 aliphatic heterocycles. The molecule has 0 radical (unpaired) electrons. The van der Waals surface area contributed by atoms with Gasteiger partial charge in [0.25, 0.3) is 0 Å². The fourth-order valence-electron chi connectivity index (χ4n) is 6.13. The zero-order valence-corrected chi connectivity index (χ0v) is 21.1. The normalized spacial score (nSPS) is 21.8. The van der Waals surface area contributed by atoms with Gasteiger partial charge < -0.3 is 25.5 Å². The predicted octanol–water partition coefficient (Wildman–Crippen LogP) is 4.30. The largest absolute Gasteiger partial charge is 0.508 e. The average Bonchev–Trinajstić information content (AvgIpc) is 3.25. The van der Waals surface area contributed by atoms with E-state index in [1.807, 2.05) is 24.3 Å². The highest BCUT2D eigenvalue weighted by atomic mass is 35.5. The maximum Gasteiger partial charge on any atom is 0.228 e. The van der Waals surface area contributed by atoms with Gasteiger partial charge in [-0.15, -0.1) is 0 Å². The smallest absolute Gasteiger partial charge is 0.228 e. The predicted molar refractivity (Wildman–Crippen MR) is 146 cm³/mol. The van der Waals surface area contributed by atoms with Crippen LogP contribution in [0.15, 0.2) is 42.5 Å². The molecule has 9 heteroatoms. The molecule has 2 bridgehead atoms. The lowest BCUT2D eigenvalue weighted by Crippen LogP contribution is -2.51. The van der Waals surface area contributed by atoms with Crippen LogP contribution >= 0.6 is 11.6 Å². The van der Waals surface area contributed by atoms with Crippen molar-refractivity contribution < 1.29 is 9.50 Å². The highest BCUT2D eigenvalue weighted by Crippen LogP contribution is 2.43. The zero-order chi connectivity index (χ0) is 25.1. The number of benzene rings is 3. The lowest BCUT2D eigenvalue weighted by molar-refractivity contribution is 0.464. The van der Waals surface area contributed by atoms with Gasteiger partial charge in [-0.1, -0.05) is 35.9 Å². The number of phenols is 1. The first-order valence-electron chi connectivity index (χ1n) is 12.9. The number of aromatic hydroxyl groups is 1. The molecule has 2 unspecified atom stereocenters. The Morgan fingerprint density at radius 3 is 2.49 bits per heavy atom. The van der Waals surface area contributed by atoms with Gasteiger partial charge in [-0.2, -0.15) is 4.98 Å². The van der Waals surface area contributed by atoms with Crippen molar-refractivity contribution in [3.8, 4) is 16.9 Å². The van der Waals surface area contributed by atoms with E-state index in [9.17, 15) is 5.11 Å². The first-order valence-corrected chi connectivity index (χ1v) is 13.3. The van der Waals surface area contributed by atoms with Crippen LogP contribution in [0.1, 0.15) is 12.8 Å². The second kappa shape index (κ2) is 8.97. The summed E-state index contributed by atoms with van der Waals surface area (Å²) in [5, 5.41) is 20.0. The number of nitrogens with zero attached hydrogens (tertiary/aromatic N) is 4. The van der Waals surface area contributed by atoms with E-state index in [1.54, 1.807) is 18.2 Å². The number of fused-ring (bicyclic) bond motifs is 4. The van der Waals surface area contributed by atoms with E-state index in [1.165, 1.54) is 0 Å². The van der Waals surface area contributed by atoms with E-state index in [2.05, 4.69) is 20.4 Å². The minimum atomic E-state index is -0.489. The highest BCUT2D eigenvalue weighted by Gasteiger charge is 2.34. The van der Waals surface area contributed by atoms with Crippen LogP contribution in [0.3, 0.4) is 0 Å². The molecule has 3 fully saturated rings. The number of rotatable bonds is 3. The molecule has 37 heavy (non-hydrogen) atoms. The first kappa shape index (κ1) is 23.0. The number of hydrogen-bond donors (Lipinski definition) is 3. The number of phenolic OH excluding ortho intramolecular Hbond substituents is 1. The minimum Gasteiger partial charge on any atom is -0.508 e. The lowest BCUT2D eigenvalue weighted by Gasteiger charge is -2.35. The molecule has 0 amide bonds. The van der Waals surface area contributed by atoms with Gasteiger partial charge in [-0.3, -0.25) is 0 Å². The molecular weight excluding hydrogens is 491 g/mol. The van der Waals surface area contributed by atoms with Crippen LogP contribution in [-0.2, 0) is 0 Å². The van der Waals surface area contributed by atoms with E-state index in [4.69, 9.17) is 21.6 Å². The van der Waals surface area contributed by atoms with Crippen LogP contribution in [0.4, 0.5) is 16.2 Å². The van der Waals surface area contributed by atoms with Crippen LogP contribution in [-0.4, -0.2) is 66.4 Å². The van der Waals surface area contributed by atoms with Crippen LogP contribution < -0.4 is 20.4 Å². The second-order valence-corrected chi connectivity index (χ2v) is 10.7. The van der Waals surface area contributed by atoms with E-state index >= 15 is 4.39 Å². The van der Waals surface area contributed by atoms with Gasteiger partial charge in [0.15, 0.2) is 5.82 Å². The van der Waals surface area contributed by atoms with Crippen molar-refractivity contribution in [2.75, 3.05) is 49.1 Å². The average molecular weight is 519 g/mol. The van der Waals surface area contributed by atoms with Crippen molar-refractivity contribution in [2.24, 2.45) is 0 Å². The van der Waals surface area contributed by atoms with Gasteiger partial charge in [-0.25, -0.2) is 9.37 Å². The fourth-order valence-corrected chi connectivity index (χ4v) is 6.43. The van der Waals surface area contributed by atoms with Crippen molar-refractivity contribution >= 4 is 45.0 Å². The summed E-state index contributed by atoms with van der Waals surface area (Å²) >= 11 is 6.84. The molecule has 4 aromatic rings. The summed E-state index contributed by atoms with van der Waals surface area (Å²) in [4.78, 5) is 14.2. The minimum absolute atomic E-state index is 0.0606. The molecule has 1 aromatic heterocycles. The van der Waals surface area contributed by atoms with Crippen LogP contribution in [0.25, 0.3) is 32.8 Å². The van der Waals surface area contributed by atoms with Gasteiger partial charge in [0, 0.05) is 62.3 Å². The summed E-state index contributed by atoms with van der Waals surface area (Å²) in [6.07, 6.45) is 2.28. The quantitative estimate of drug-likeness (QED) is 0.373. The summed E-state index contributed by atoms with van der Waals surface area (Å²) in [7, 11) is 0. The van der Waals surface area contributed by atoms with Gasteiger partial charge >= 0.3 is 0 Å². The standard InChI is InChI=1S/C28H28ClFN6O/c29-23-13-22-26(25(30)24(23)21-12-19(37)11-16-3-1-2-4-20(16)21)33-28(35-9-7-31-8-10-35)34-27(22)36-14-17-5-6-18(15-36)32-17/h1-4,11-13,17-18,31-32,37H,5-10,14-15H2. The maximum absolute atomic E-state index is 16.6. The molecule has 3 aliphatic rings. The summed E-state index contributed by atoms with van der Waals surface area (Å²) in [6, 6.07) is 13.5. The summed E-state index contributed by atoms with van der Waals surface area (Å²) < 4.78 is 16.6. The molecule has 0 saturated carbocycles. The topological polar surface area (TPSA) is 76.6 Å². The molecule has 7 nitrogen and oxygen atoms in total. The van der Waals surface area contributed by atoms with E-state index in [-0.39, 0.29) is 21.9 Å². The monoisotopic (exact) mass is 518 g/mol. The Kier molecular flexibility index (Phi) is 5.57. The molecule has 0 aliphatic carbocycles. The Morgan fingerprint density at radius 1 is 0.946 bits per heavy atom. The molecule has 2 atom stereocenters. The molecule has 7 rings (SSSR count). The van der Waals surface area contributed by atoms with Crippen LogP contribution in [0, 0.1) is 5.82 Å². The molecule has 4 heterocycles. The Labute approximate surface area is 219 Å². The zero-order valence-electron chi connectivity index (χ0n) is 20.3. The number of hydrogen-bond acceptors (Lipinski definition) is 7. The Balaban J connectivity index is 1.46. The molecule has 3 aromatic carbocycles. The third kappa shape index (κ3) is 3.95. The second-order valence-electron chi connectivity index (χ2n) is 10.3. The Hall–Kier alpha value is -3.20. The van der Waals surface area contributed by atoms with Gasteiger partial charge in [0.05, 0.1) is 5.02 Å². The number of halogens is 2. The molecular formula is C28H28ClFN6O. The van der Waals surface area contributed by atoms with E-state index in [0.717, 1.165) is 68.7 Å². The van der Waals surface area contributed by atoms with E-state index < -0.39 is 5.82 Å². The first-order chi connectivity index (χ1) is 18.0.